The third-order valence-electron chi connectivity index (χ3n) is 2.23. The zero-order valence-electron chi connectivity index (χ0n) is 8.27. The molecule has 80 valence electrons. The zero-order valence-corrected chi connectivity index (χ0v) is 9.08. The summed E-state index contributed by atoms with van der Waals surface area (Å²) in [6, 6.07) is 0.102. The maximum absolute atomic E-state index is 11.7. The molecule has 0 radical (unpaired) electrons. The number of aromatic nitrogens is 1. The Balaban J connectivity index is 1.85. The highest BCUT2D eigenvalue weighted by Crippen LogP contribution is 2.13. The lowest BCUT2D eigenvalue weighted by atomic mass is 10.1. The van der Waals surface area contributed by atoms with E-state index in [0.29, 0.717) is 18.8 Å². The van der Waals surface area contributed by atoms with Gasteiger partial charge >= 0.3 is 0 Å². The van der Waals surface area contributed by atoms with Gasteiger partial charge in [-0.05, 0) is 0 Å². The highest BCUT2D eigenvalue weighted by atomic mass is 32.1. The molecule has 1 aromatic rings. The van der Waals surface area contributed by atoms with Crippen molar-refractivity contribution in [2.75, 3.05) is 13.1 Å². The van der Waals surface area contributed by atoms with E-state index in [2.05, 4.69) is 10.3 Å². The van der Waals surface area contributed by atoms with E-state index >= 15 is 0 Å². The number of hydrogen-bond donors (Lipinski definition) is 1. The number of likely N-dealkylation sites (tertiary alicyclic amines) is 1. The summed E-state index contributed by atoms with van der Waals surface area (Å²) in [5, 5.41) is 4.49. The molecule has 1 aliphatic heterocycles. The van der Waals surface area contributed by atoms with E-state index < -0.39 is 0 Å². The molecule has 5 nitrogen and oxygen atoms in total. The van der Waals surface area contributed by atoms with Crippen LogP contribution < -0.4 is 5.32 Å². The van der Waals surface area contributed by atoms with Crippen molar-refractivity contribution >= 4 is 23.2 Å². The summed E-state index contributed by atoms with van der Waals surface area (Å²) in [5.74, 6) is -0.112. The molecule has 6 heteroatoms. The van der Waals surface area contributed by atoms with Crippen molar-refractivity contribution in [1.82, 2.24) is 15.2 Å². The van der Waals surface area contributed by atoms with Crippen molar-refractivity contribution in [3.05, 3.63) is 16.6 Å². The first-order chi connectivity index (χ1) is 7.16. The van der Waals surface area contributed by atoms with Crippen molar-refractivity contribution in [3.63, 3.8) is 0 Å². The van der Waals surface area contributed by atoms with Gasteiger partial charge in [-0.2, -0.15) is 0 Å². The average molecular weight is 225 g/mol. The predicted molar refractivity (Wildman–Crippen MR) is 55.6 cm³/mol. The first-order valence-corrected chi connectivity index (χ1v) is 5.55. The largest absolute Gasteiger partial charge is 0.350 e. The quantitative estimate of drug-likeness (QED) is 0.776. The lowest BCUT2D eigenvalue weighted by Gasteiger charge is -2.38. The first-order valence-electron chi connectivity index (χ1n) is 4.61. The van der Waals surface area contributed by atoms with Crippen LogP contribution in [-0.4, -0.2) is 40.8 Å². The molecule has 2 heterocycles. The Hall–Kier alpha value is -1.43. The molecule has 15 heavy (non-hydrogen) atoms. The first kappa shape index (κ1) is 10.1. The van der Waals surface area contributed by atoms with Crippen LogP contribution in [0.2, 0.25) is 0 Å². The van der Waals surface area contributed by atoms with E-state index in [1.165, 1.54) is 18.3 Å². The number of nitrogens with one attached hydrogen (secondary N) is 1. The van der Waals surface area contributed by atoms with Crippen LogP contribution in [-0.2, 0) is 4.79 Å². The van der Waals surface area contributed by atoms with E-state index in [-0.39, 0.29) is 17.9 Å². The molecule has 2 amide bonds. The second-order valence-electron chi connectivity index (χ2n) is 3.48. The minimum Gasteiger partial charge on any atom is -0.350 e. The predicted octanol–water partition coefficient (Wildman–Crippen LogP) is 0.104. The summed E-state index contributed by atoms with van der Waals surface area (Å²) < 4.78 is 0. The third kappa shape index (κ3) is 2.15. The van der Waals surface area contributed by atoms with Crippen LogP contribution >= 0.6 is 11.3 Å². The average Bonchev–Trinajstić information content (AvgIpc) is 2.61. The molecular formula is C9H11N3O2S. The van der Waals surface area contributed by atoms with Crippen molar-refractivity contribution < 1.29 is 9.59 Å². The van der Waals surface area contributed by atoms with Gasteiger partial charge in [0.2, 0.25) is 5.91 Å². The molecule has 0 saturated carbocycles. The van der Waals surface area contributed by atoms with E-state index in [9.17, 15) is 9.59 Å². The highest BCUT2D eigenvalue weighted by molar-refractivity contribution is 7.07. The molecule has 0 atom stereocenters. The molecule has 1 saturated heterocycles. The molecule has 0 spiro atoms. The summed E-state index contributed by atoms with van der Waals surface area (Å²) in [7, 11) is 0. The monoisotopic (exact) mass is 225 g/mol. The molecule has 1 N–H and O–H groups in total. The van der Waals surface area contributed by atoms with Gasteiger partial charge in [0.05, 0.1) is 11.6 Å². The van der Waals surface area contributed by atoms with Gasteiger partial charge in [0, 0.05) is 25.4 Å². The van der Waals surface area contributed by atoms with Crippen LogP contribution in [0.1, 0.15) is 17.4 Å². The topological polar surface area (TPSA) is 62.3 Å². The fourth-order valence-electron chi connectivity index (χ4n) is 1.50. The molecule has 0 aromatic carbocycles. The Kier molecular flexibility index (Phi) is 2.68. The number of hydrogen-bond acceptors (Lipinski definition) is 4. The Labute approximate surface area is 91.1 Å². The van der Waals surface area contributed by atoms with Crippen LogP contribution in [0.15, 0.2) is 10.9 Å². The summed E-state index contributed by atoms with van der Waals surface area (Å²) in [4.78, 5) is 28.0. The van der Waals surface area contributed by atoms with E-state index in [4.69, 9.17) is 0 Å². The Morgan fingerprint density at radius 1 is 1.60 bits per heavy atom. The summed E-state index contributed by atoms with van der Waals surface area (Å²) in [5.41, 5.74) is 2.12. The fraction of sp³-hybridized carbons (Fsp3) is 0.444. The second-order valence-corrected chi connectivity index (χ2v) is 4.20. The van der Waals surface area contributed by atoms with Crippen LogP contribution in [0, 0.1) is 0 Å². The molecule has 1 aromatic heterocycles. The van der Waals surface area contributed by atoms with Gasteiger partial charge in [-0.25, -0.2) is 4.98 Å². The number of nitrogens with zero attached hydrogens (tertiary/aromatic N) is 2. The molecule has 2 rings (SSSR count). The normalized spacial score (nSPS) is 15.9. The van der Waals surface area contributed by atoms with Gasteiger partial charge < -0.3 is 10.2 Å². The van der Waals surface area contributed by atoms with Gasteiger partial charge in [-0.1, -0.05) is 0 Å². The minimum absolute atomic E-state index is 0.0549. The molecule has 0 unspecified atom stereocenters. The number of carbonyl (C=O) groups excluding carboxylic acids is 2. The Bertz CT molecular complexity index is 371. The zero-order chi connectivity index (χ0) is 10.8. The highest BCUT2D eigenvalue weighted by Gasteiger charge is 2.32. The Morgan fingerprint density at radius 2 is 2.33 bits per heavy atom. The summed E-state index contributed by atoms with van der Waals surface area (Å²) >= 11 is 1.40. The van der Waals surface area contributed by atoms with Gasteiger partial charge in [-0.15, -0.1) is 11.3 Å². The van der Waals surface area contributed by atoms with Gasteiger partial charge in [-0.3, -0.25) is 9.59 Å². The van der Waals surface area contributed by atoms with Crippen molar-refractivity contribution in [2.45, 2.75) is 13.0 Å². The van der Waals surface area contributed by atoms with Crippen LogP contribution in [0.4, 0.5) is 0 Å². The van der Waals surface area contributed by atoms with Crippen LogP contribution in [0.25, 0.3) is 0 Å². The van der Waals surface area contributed by atoms with E-state index in [0.717, 1.165) is 0 Å². The Morgan fingerprint density at radius 3 is 2.87 bits per heavy atom. The maximum atomic E-state index is 11.7. The number of rotatable bonds is 2. The van der Waals surface area contributed by atoms with Gasteiger partial charge in [0.1, 0.15) is 5.69 Å². The number of thiazole rings is 1. The lowest BCUT2D eigenvalue weighted by molar-refractivity contribution is -0.120. The van der Waals surface area contributed by atoms with Crippen LogP contribution in [0.5, 0.6) is 0 Å². The van der Waals surface area contributed by atoms with Gasteiger partial charge in [0.15, 0.2) is 0 Å². The number of amides is 2. The smallest absolute Gasteiger partial charge is 0.273 e. The molecule has 0 aliphatic carbocycles. The van der Waals surface area contributed by atoms with E-state index in [1.807, 2.05) is 0 Å². The second kappa shape index (κ2) is 3.98. The third-order valence-corrected chi connectivity index (χ3v) is 2.81. The summed E-state index contributed by atoms with van der Waals surface area (Å²) in [6.45, 7) is 2.64. The van der Waals surface area contributed by atoms with Gasteiger partial charge in [0.25, 0.3) is 5.91 Å². The molecule has 1 aliphatic rings. The van der Waals surface area contributed by atoms with Crippen LogP contribution in [0.3, 0.4) is 0 Å². The number of carbonyl (C=O) groups is 2. The molecule has 1 fully saturated rings. The standard InChI is InChI=1S/C9H11N3O2S/c1-6(13)11-7-2-12(3-7)9(14)8-4-15-5-10-8/h4-5,7H,2-3H2,1H3,(H,11,13). The van der Waals surface area contributed by atoms with Crippen molar-refractivity contribution in [3.8, 4) is 0 Å². The summed E-state index contributed by atoms with van der Waals surface area (Å²) in [6.07, 6.45) is 0. The van der Waals surface area contributed by atoms with Crippen molar-refractivity contribution in [1.29, 1.82) is 0 Å². The maximum Gasteiger partial charge on any atom is 0.273 e. The van der Waals surface area contributed by atoms with Crippen molar-refractivity contribution in [2.24, 2.45) is 0 Å². The SMILES string of the molecule is CC(=O)NC1CN(C(=O)c2cscn2)C1. The molecular weight excluding hydrogens is 214 g/mol. The fourth-order valence-corrected chi connectivity index (χ4v) is 2.03. The minimum atomic E-state index is -0.0575. The van der Waals surface area contributed by atoms with E-state index in [1.54, 1.807) is 15.8 Å². The molecule has 0 bridgehead atoms. The lowest BCUT2D eigenvalue weighted by Crippen LogP contribution is -2.60.